The predicted octanol–water partition coefficient (Wildman–Crippen LogP) is 1.19. The number of carbonyl (C=O) groups excluding carboxylic acids is 5. The maximum absolute atomic E-state index is 13.5. The molecule has 2 aromatic rings. The van der Waals surface area contributed by atoms with Crippen molar-refractivity contribution >= 4 is 40.5 Å². The van der Waals surface area contributed by atoms with Crippen molar-refractivity contribution < 1.29 is 33.4 Å². The maximum atomic E-state index is 13.5. The van der Waals surface area contributed by atoms with Crippen LogP contribution in [0.4, 0.5) is 4.79 Å². The molecule has 1 fully saturated rings. The number of hydrogen-bond donors (Lipinski definition) is 5. The van der Waals surface area contributed by atoms with Gasteiger partial charge in [0, 0.05) is 36.5 Å². The van der Waals surface area contributed by atoms with E-state index in [1.54, 1.807) is 25.3 Å². The van der Waals surface area contributed by atoms with E-state index in [1.165, 1.54) is 0 Å². The van der Waals surface area contributed by atoms with Crippen LogP contribution in [-0.4, -0.2) is 99.0 Å². The first-order valence-electron chi connectivity index (χ1n) is 14.1. The molecule has 5 N–H and O–H groups in total. The number of H-pyrrole nitrogens is 1. The molecule has 0 saturated carbocycles. The first kappa shape index (κ1) is 32.4. The van der Waals surface area contributed by atoms with Crippen molar-refractivity contribution in [2.45, 2.75) is 45.2 Å². The van der Waals surface area contributed by atoms with Crippen LogP contribution < -0.4 is 26.0 Å². The number of rotatable bonds is 15. The molecule has 0 radical (unpaired) electrons. The van der Waals surface area contributed by atoms with Gasteiger partial charge >= 0.3 is 6.09 Å². The molecule has 230 valence electrons. The fourth-order valence-electron chi connectivity index (χ4n) is 4.73. The molecular weight excluding hydrogens is 544 g/mol. The molecule has 1 aromatic carbocycles. The number of nitrogens with one attached hydrogen (secondary N) is 5. The first-order chi connectivity index (χ1) is 20.0. The Morgan fingerprint density at radius 2 is 1.88 bits per heavy atom. The summed E-state index contributed by atoms with van der Waals surface area (Å²) >= 11 is 0. The highest BCUT2D eigenvalue weighted by Gasteiger charge is 2.34. The molecule has 1 aliphatic heterocycles. The average Bonchev–Trinajstić information content (AvgIpc) is 3.56. The number of aromatic nitrogens is 1. The molecule has 2 heterocycles. The van der Waals surface area contributed by atoms with Crippen molar-refractivity contribution in [1.29, 1.82) is 0 Å². The van der Waals surface area contributed by atoms with Crippen molar-refractivity contribution in [3.8, 4) is 5.75 Å². The highest BCUT2D eigenvalue weighted by molar-refractivity contribution is 6.02. The van der Waals surface area contributed by atoms with Gasteiger partial charge in [-0.25, -0.2) is 4.79 Å². The third kappa shape index (κ3) is 9.20. The molecule has 1 aliphatic rings. The summed E-state index contributed by atoms with van der Waals surface area (Å²) in [6.45, 7) is 4.65. The molecule has 1 aromatic heterocycles. The minimum absolute atomic E-state index is 0.0350. The standard InChI is InChI=1S/C29H42N6O7/c1-17(2)13-22(34-28(39)23-15-19-20(32-23)7-6-8-25(19)41-5)27(38)33-21(14-18-9-10-30-26(18)37)24(36)16-42-29(40)31-11-12-35(3)4/h6-8,15,17-18,21-22,32H,9-14,16H2,1-5H3,(H,30,37)(H,31,40)(H,33,38)(H,34,39)/t18-,21-,22-/m0/s1. The molecule has 4 amide bonds. The third-order valence-corrected chi connectivity index (χ3v) is 6.98. The number of benzene rings is 1. The fourth-order valence-corrected chi connectivity index (χ4v) is 4.73. The predicted molar refractivity (Wildman–Crippen MR) is 156 cm³/mol. The molecule has 0 aliphatic carbocycles. The second kappa shape index (κ2) is 15.2. The van der Waals surface area contributed by atoms with Gasteiger partial charge in [0.25, 0.3) is 5.91 Å². The van der Waals surface area contributed by atoms with E-state index >= 15 is 0 Å². The summed E-state index contributed by atoms with van der Waals surface area (Å²) in [7, 11) is 5.25. The van der Waals surface area contributed by atoms with E-state index in [0.717, 1.165) is 5.39 Å². The van der Waals surface area contributed by atoms with Crippen LogP contribution in [0.25, 0.3) is 10.9 Å². The number of methoxy groups -OCH3 is 1. The van der Waals surface area contributed by atoms with Gasteiger partial charge in [-0.05, 0) is 57.5 Å². The van der Waals surface area contributed by atoms with E-state index in [4.69, 9.17) is 9.47 Å². The van der Waals surface area contributed by atoms with Crippen LogP contribution in [0.2, 0.25) is 0 Å². The number of amides is 4. The second-order valence-electron chi connectivity index (χ2n) is 11.1. The summed E-state index contributed by atoms with van der Waals surface area (Å²) < 4.78 is 10.5. The highest BCUT2D eigenvalue weighted by Crippen LogP contribution is 2.26. The lowest BCUT2D eigenvalue weighted by molar-refractivity contribution is -0.131. The van der Waals surface area contributed by atoms with E-state index in [0.29, 0.717) is 43.7 Å². The summed E-state index contributed by atoms with van der Waals surface area (Å²) in [5.74, 6) is -1.66. The third-order valence-electron chi connectivity index (χ3n) is 6.98. The Kier molecular flexibility index (Phi) is 11.7. The molecule has 3 atom stereocenters. The Balaban J connectivity index is 1.71. The topological polar surface area (TPSA) is 171 Å². The number of ketones is 1. The van der Waals surface area contributed by atoms with Gasteiger partial charge < -0.3 is 40.6 Å². The zero-order chi connectivity index (χ0) is 30.8. The normalized spacial score (nSPS) is 16.2. The van der Waals surface area contributed by atoms with Crippen molar-refractivity contribution in [3.05, 3.63) is 30.0 Å². The van der Waals surface area contributed by atoms with Crippen LogP contribution in [0.1, 0.15) is 43.6 Å². The zero-order valence-electron chi connectivity index (χ0n) is 24.9. The maximum Gasteiger partial charge on any atom is 0.407 e. The summed E-state index contributed by atoms with van der Waals surface area (Å²) in [5, 5.41) is 11.5. The molecular formula is C29H42N6O7. The van der Waals surface area contributed by atoms with E-state index in [2.05, 4.69) is 26.3 Å². The highest BCUT2D eigenvalue weighted by atomic mass is 16.6. The Hall–Kier alpha value is -4.13. The number of Topliss-reactive ketones (excluding diaryl/α,β-unsaturated/α-hetero) is 1. The lowest BCUT2D eigenvalue weighted by atomic mass is 9.95. The van der Waals surface area contributed by atoms with E-state index < -0.39 is 48.3 Å². The molecule has 13 nitrogen and oxygen atoms in total. The summed E-state index contributed by atoms with van der Waals surface area (Å²) in [6, 6.07) is 4.99. The minimum atomic E-state index is -1.09. The molecule has 3 rings (SSSR count). The molecule has 42 heavy (non-hydrogen) atoms. The van der Waals surface area contributed by atoms with E-state index in [1.807, 2.05) is 38.9 Å². The van der Waals surface area contributed by atoms with Crippen LogP contribution >= 0.6 is 0 Å². The quantitative estimate of drug-likeness (QED) is 0.207. The molecule has 0 spiro atoms. The van der Waals surface area contributed by atoms with Gasteiger partial charge in [-0.2, -0.15) is 0 Å². The van der Waals surface area contributed by atoms with Gasteiger partial charge in [-0.1, -0.05) is 19.9 Å². The number of nitrogens with zero attached hydrogens (tertiary/aromatic N) is 1. The Morgan fingerprint density at radius 3 is 2.52 bits per heavy atom. The lowest BCUT2D eigenvalue weighted by Gasteiger charge is -2.25. The average molecular weight is 587 g/mol. The smallest absolute Gasteiger partial charge is 0.407 e. The van der Waals surface area contributed by atoms with Crippen molar-refractivity contribution in [3.63, 3.8) is 0 Å². The first-order valence-corrected chi connectivity index (χ1v) is 14.1. The van der Waals surface area contributed by atoms with Gasteiger partial charge in [0.05, 0.1) is 13.2 Å². The Bertz CT molecular complexity index is 1270. The van der Waals surface area contributed by atoms with E-state index in [-0.39, 0.29) is 23.9 Å². The number of aromatic amines is 1. The monoisotopic (exact) mass is 586 g/mol. The second-order valence-corrected chi connectivity index (χ2v) is 11.1. The van der Waals surface area contributed by atoms with Gasteiger partial charge in [-0.3, -0.25) is 19.2 Å². The van der Waals surface area contributed by atoms with Gasteiger partial charge in [0.15, 0.2) is 12.4 Å². The number of carbonyl (C=O) groups is 5. The lowest BCUT2D eigenvalue weighted by Crippen LogP contribution is -2.53. The number of fused-ring (bicyclic) bond motifs is 1. The summed E-state index contributed by atoms with van der Waals surface area (Å²) in [4.78, 5) is 69.1. The number of alkyl carbamates (subject to hydrolysis) is 1. The fraction of sp³-hybridized carbons (Fsp3) is 0.552. The number of hydrogen-bond acceptors (Lipinski definition) is 8. The Labute approximate surface area is 245 Å². The minimum Gasteiger partial charge on any atom is -0.496 e. The largest absolute Gasteiger partial charge is 0.496 e. The SMILES string of the molecule is COc1cccc2[nH]c(C(=O)N[C@@H](CC(C)C)C(=O)N[C@@H](C[C@@H]3CCNC3=O)C(=O)COC(=O)NCCN(C)C)cc12. The van der Waals surface area contributed by atoms with E-state index in [9.17, 15) is 24.0 Å². The van der Waals surface area contributed by atoms with Gasteiger partial charge in [0.2, 0.25) is 11.8 Å². The Morgan fingerprint density at radius 1 is 1.12 bits per heavy atom. The number of ether oxygens (including phenoxy) is 2. The van der Waals surface area contributed by atoms with Crippen LogP contribution in [0.5, 0.6) is 5.75 Å². The molecule has 0 unspecified atom stereocenters. The summed E-state index contributed by atoms with van der Waals surface area (Å²) in [6.07, 6.45) is 0.109. The van der Waals surface area contributed by atoms with Gasteiger partial charge in [0.1, 0.15) is 17.5 Å². The van der Waals surface area contributed by atoms with Gasteiger partial charge in [-0.15, -0.1) is 0 Å². The summed E-state index contributed by atoms with van der Waals surface area (Å²) in [5.41, 5.74) is 0.954. The zero-order valence-corrected chi connectivity index (χ0v) is 24.9. The molecule has 0 bridgehead atoms. The van der Waals surface area contributed by atoms with Crippen LogP contribution in [0.15, 0.2) is 24.3 Å². The number of likely N-dealkylation sites (N-methyl/N-ethyl adjacent to an activating group) is 1. The molecule has 13 heteroatoms. The van der Waals surface area contributed by atoms with Crippen LogP contribution in [-0.2, 0) is 19.1 Å². The molecule has 1 saturated heterocycles. The van der Waals surface area contributed by atoms with Crippen molar-refractivity contribution in [2.75, 3.05) is 47.4 Å². The van der Waals surface area contributed by atoms with Crippen molar-refractivity contribution in [2.24, 2.45) is 11.8 Å². The van der Waals surface area contributed by atoms with Crippen molar-refractivity contribution in [1.82, 2.24) is 31.2 Å². The van der Waals surface area contributed by atoms with Crippen LogP contribution in [0.3, 0.4) is 0 Å². The van der Waals surface area contributed by atoms with Crippen LogP contribution in [0, 0.1) is 11.8 Å².